The molecule has 1 atom stereocenters. The lowest BCUT2D eigenvalue weighted by atomic mass is 10.2. The molecular formula is C8H8N2S2. The van der Waals surface area contributed by atoms with Crippen LogP contribution in [0.2, 0.25) is 0 Å². The van der Waals surface area contributed by atoms with Crippen LogP contribution in [-0.4, -0.2) is 10.5 Å². The lowest BCUT2D eigenvalue weighted by molar-refractivity contribution is 1.32. The molecule has 1 aliphatic heterocycles. The molecule has 2 rings (SSSR count). The fourth-order valence-corrected chi connectivity index (χ4v) is 1.82. The van der Waals surface area contributed by atoms with Crippen molar-refractivity contribution in [2.24, 2.45) is 4.99 Å². The molecule has 1 heterocycles. The van der Waals surface area contributed by atoms with Gasteiger partial charge in [0.15, 0.2) is 4.71 Å². The first kappa shape index (κ1) is 8.01. The van der Waals surface area contributed by atoms with Gasteiger partial charge in [-0.15, -0.1) is 12.6 Å². The van der Waals surface area contributed by atoms with E-state index >= 15 is 0 Å². The number of amidine groups is 1. The van der Waals surface area contributed by atoms with Crippen LogP contribution in [-0.2, 0) is 0 Å². The van der Waals surface area contributed by atoms with E-state index in [0.29, 0.717) is 0 Å². The van der Waals surface area contributed by atoms with Crippen molar-refractivity contribution in [3.05, 3.63) is 35.9 Å². The van der Waals surface area contributed by atoms with Gasteiger partial charge < -0.3 is 4.72 Å². The first-order chi connectivity index (χ1) is 5.86. The molecule has 1 unspecified atom stereocenters. The molecule has 0 bridgehead atoms. The van der Waals surface area contributed by atoms with Gasteiger partial charge in [-0.3, -0.25) is 0 Å². The van der Waals surface area contributed by atoms with Crippen molar-refractivity contribution in [3.63, 3.8) is 0 Å². The Morgan fingerprint density at radius 2 is 2.08 bits per heavy atom. The molecular weight excluding hydrogens is 188 g/mol. The summed E-state index contributed by atoms with van der Waals surface area (Å²) in [6.07, 6.45) is 0. The third-order valence-electron chi connectivity index (χ3n) is 1.55. The summed E-state index contributed by atoms with van der Waals surface area (Å²) in [6.45, 7) is 0. The predicted molar refractivity (Wildman–Crippen MR) is 56.5 cm³/mol. The van der Waals surface area contributed by atoms with Crippen molar-refractivity contribution < 1.29 is 0 Å². The van der Waals surface area contributed by atoms with Gasteiger partial charge in [0.2, 0.25) is 0 Å². The molecule has 0 amide bonds. The standard InChI is InChI=1S/C8H8N2S2/c11-8-9-7(10-12-8)6-4-2-1-3-5-6/h1-5,8,11H,(H,9,10). The zero-order valence-corrected chi connectivity index (χ0v) is 7.98. The summed E-state index contributed by atoms with van der Waals surface area (Å²) < 4.78 is 3.14. The SMILES string of the molecule is SC1N=C(c2ccccc2)NS1. The topological polar surface area (TPSA) is 24.4 Å². The Morgan fingerprint density at radius 1 is 1.33 bits per heavy atom. The molecule has 2 nitrogen and oxygen atoms in total. The van der Waals surface area contributed by atoms with E-state index in [1.54, 1.807) is 0 Å². The molecule has 1 aliphatic rings. The maximum atomic E-state index is 4.29. The van der Waals surface area contributed by atoms with Crippen molar-refractivity contribution >= 4 is 30.4 Å². The van der Waals surface area contributed by atoms with Crippen LogP contribution < -0.4 is 4.72 Å². The van der Waals surface area contributed by atoms with Gasteiger partial charge in [-0.2, -0.15) is 0 Å². The van der Waals surface area contributed by atoms with Gasteiger partial charge in [0.05, 0.1) is 0 Å². The molecule has 0 aliphatic carbocycles. The predicted octanol–water partition coefficient (Wildman–Crippen LogP) is 1.90. The molecule has 1 N–H and O–H groups in total. The van der Waals surface area contributed by atoms with E-state index in [4.69, 9.17) is 0 Å². The van der Waals surface area contributed by atoms with Crippen LogP contribution in [0.5, 0.6) is 0 Å². The normalized spacial score (nSPS) is 21.8. The largest absolute Gasteiger partial charge is 0.312 e. The maximum absolute atomic E-state index is 4.29. The van der Waals surface area contributed by atoms with Gasteiger partial charge in [-0.05, 0) is 11.9 Å². The lowest BCUT2D eigenvalue weighted by Gasteiger charge is -1.98. The molecule has 0 saturated heterocycles. The summed E-state index contributed by atoms with van der Waals surface area (Å²) in [4.78, 5) is 4.29. The molecule has 0 saturated carbocycles. The van der Waals surface area contributed by atoms with E-state index in [1.165, 1.54) is 11.9 Å². The first-order valence-electron chi connectivity index (χ1n) is 3.59. The monoisotopic (exact) mass is 196 g/mol. The van der Waals surface area contributed by atoms with Crippen LogP contribution in [0.3, 0.4) is 0 Å². The number of hydrogen-bond acceptors (Lipinski definition) is 4. The van der Waals surface area contributed by atoms with Crippen LogP contribution in [0.1, 0.15) is 5.56 Å². The summed E-state index contributed by atoms with van der Waals surface area (Å²) in [6, 6.07) is 10.0. The second-order valence-corrected chi connectivity index (χ2v) is 4.11. The molecule has 12 heavy (non-hydrogen) atoms. The average Bonchev–Trinajstić information content (AvgIpc) is 2.54. The molecule has 4 heteroatoms. The van der Waals surface area contributed by atoms with Gasteiger partial charge >= 0.3 is 0 Å². The first-order valence-corrected chi connectivity index (χ1v) is 4.99. The second kappa shape index (κ2) is 3.41. The Bertz CT molecular complexity index is 297. The number of benzene rings is 1. The second-order valence-electron chi connectivity index (χ2n) is 2.39. The van der Waals surface area contributed by atoms with E-state index in [0.717, 1.165) is 11.4 Å². The van der Waals surface area contributed by atoms with Gasteiger partial charge in [0.1, 0.15) is 5.84 Å². The zero-order valence-electron chi connectivity index (χ0n) is 6.27. The zero-order chi connectivity index (χ0) is 8.39. The Labute approximate surface area is 81.0 Å². The highest BCUT2D eigenvalue weighted by atomic mass is 32.2. The highest BCUT2D eigenvalue weighted by Crippen LogP contribution is 2.20. The smallest absolute Gasteiger partial charge is 0.159 e. The molecule has 0 fully saturated rings. The van der Waals surface area contributed by atoms with Crippen LogP contribution in [0, 0.1) is 0 Å². The number of nitrogens with one attached hydrogen (secondary N) is 1. The Kier molecular flexibility index (Phi) is 2.28. The highest BCUT2D eigenvalue weighted by molar-refractivity contribution is 8.09. The van der Waals surface area contributed by atoms with Gasteiger partial charge in [-0.25, -0.2) is 4.99 Å². The fourth-order valence-electron chi connectivity index (χ4n) is 1.00. The summed E-state index contributed by atoms with van der Waals surface area (Å²) in [5.41, 5.74) is 1.11. The van der Waals surface area contributed by atoms with Crippen molar-refractivity contribution in [1.82, 2.24) is 4.72 Å². The number of rotatable bonds is 1. The van der Waals surface area contributed by atoms with E-state index in [9.17, 15) is 0 Å². The molecule has 1 aromatic rings. The van der Waals surface area contributed by atoms with Crippen LogP contribution in [0.4, 0.5) is 0 Å². The Morgan fingerprint density at radius 3 is 2.67 bits per heavy atom. The highest BCUT2D eigenvalue weighted by Gasteiger charge is 2.14. The van der Waals surface area contributed by atoms with Crippen LogP contribution >= 0.6 is 24.6 Å². The van der Waals surface area contributed by atoms with E-state index in [-0.39, 0.29) is 4.71 Å². The summed E-state index contributed by atoms with van der Waals surface area (Å²) in [5.74, 6) is 0.917. The van der Waals surface area contributed by atoms with Crippen molar-refractivity contribution in [2.75, 3.05) is 0 Å². The number of hydrogen-bond donors (Lipinski definition) is 2. The minimum Gasteiger partial charge on any atom is -0.312 e. The van der Waals surface area contributed by atoms with E-state index < -0.39 is 0 Å². The molecule has 0 radical (unpaired) electrons. The lowest BCUT2D eigenvalue weighted by Crippen LogP contribution is -2.11. The molecule has 0 spiro atoms. The van der Waals surface area contributed by atoms with E-state index in [1.807, 2.05) is 30.3 Å². The van der Waals surface area contributed by atoms with Crippen LogP contribution in [0.15, 0.2) is 35.3 Å². The Balaban J connectivity index is 2.27. The minimum absolute atomic E-state index is 0.0280. The number of nitrogens with zero attached hydrogens (tertiary/aromatic N) is 1. The summed E-state index contributed by atoms with van der Waals surface area (Å²) in [7, 11) is 0. The van der Waals surface area contributed by atoms with Crippen molar-refractivity contribution in [3.8, 4) is 0 Å². The summed E-state index contributed by atoms with van der Waals surface area (Å²) in [5, 5.41) is 0. The maximum Gasteiger partial charge on any atom is 0.159 e. The summed E-state index contributed by atoms with van der Waals surface area (Å²) >= 11 is 5.73. The van der Waals surface area contributed by atoms with Gasteiger partial charge in [-0.1, -0.05) is 30.3 Å². The van der Waals surface area contributed by atoms with E-state index in [2.05, 4.69) is 22.3 Å². The number of thiol groups is 1. The van der Waals surface area contributed by atoms with Gasteiger partial charge in [0.25, 0.3) is 0 Å². The van der Waals surface area contributed by atoms with Gasteiger partial charge in [0, 0.05) is 5.56 Å². The number of aliphatic imine (C=N–C) groups is 1. The molecule has 62 valence electrons. The quantitative estimate of drug-likeness (QED) is 0.529. The Hall–Kier alpha value is -0.610. The van der Waals surface area contributed by atoms with Crippen LogP contribution in [0.25, 0.3) is 0 Å². The third-order valence-corrected chi connectivity index (χ3v) is 2.61. The minimum atomic E-state index is 0.0280. The molecule has 0 aromatic heterocycles. The molecule has 1 aromatic carbocycles. The van der Waals surface area contributed by atoms with Crippen molar-refractivity contribution in [2.45, 2.75) is 4.71 Å². The van der Waals surface area contributed by atoms with Crippen molar-refractivity contribution in [1.29, 1.82) is 0 Å². The third kappa shape index (κ3) is 1.59. The fraction of sp³-hybridized carbons (Fsp3) is 0.125. The average molecular weight is 196 g/mol.